The largest absolute Gasteiger partial charge is 0.469 e. The van der Waals surface area contributed by atoms with E-state index in [0.717, 1.165) is 57.6 Å². The van der Waals surface area contributed by atoms with Crippen molar-refractivity contribution >= 4 is 11.9 Å². The average molecular weight is 329 g/mol. The van der Waals surface area contributed by atoms with Crippen LogP contribution in [-0.2, 0) is 9.53 Å². The number of hydrogen-bond acceptors (Lipinski definition) is 4. The molecule has 0 spiro atoms. The van der Waals surface area contributed by atoms with Crippen LogP contribution in [0.1, 0.15) is 65.7 Å². The van der Waals surface area contributed by atoms with E-state index in [1.54, 1.807) is 0 Å². The van der Waals surface area contributed by atoms with Gasteiger partial charge in [-0.1, -0.05) is 26.7 Å². The summed E-state index contributed by atoms with van der Waals surface area (Å²) in [4.78, 5) is 15.6. The van der Waals surface area contributed by atoms with E-state index in [1.807, 2.05) is 6.92 Å². The van der Waals surface area contributed by atoms with Gasteiger partial charge in [-0.2, -0.15) is 0 Å². The minimum atomic E-state index is -0.712. The molecule has 0 amide bonds. The Hall–Kier alpha value is -1.30. The number of carbonyl (C=O) groups excluding carboxylic acids is 1. The molecule has 0 aliphatic rings. The Morgan fingerprint density at radius 1 is 1.13 bits per heavy atom. The quantitative estimate of drug-likeness (QED) is 0.221. The molecule has 0 heterocycles. The van der Waals surface area contributed by atoms with Crippen molar-refractivity contribution in [3.63, 3.8) is 0 Å². The van der Waals surface area contributed by atoms with Crippen LogP contribution >= 0.6 is 0 Å². The fourth-order valence-corrected chi connectivity index (χ4v) is 2.48. The zero-order valence-corrected chi connectivity index (χ0v) is 15.3. The highest BCUT2D eigenvalue weighted by Crippen LogP contribution is 2.19. The third-order valence-electron chi connectivity index (χ3n) is 3.63. The average Bonchev–Trinajstić information content (AvgIpc) is 2.52. The van der Waals surface area contributed by atoms with E-state index in [2.05, 4.69) is 34.2 Å². The van der Waals surface area contributed by atoms with Gasteiger partial charge in [0, 0.05) is 19.5 Å². The standard InChI is InChI=1S/C17H35N3O3/c1-5-11-17(22,12-6-2)14-20-16(18-7-3)19-13-9-8-10-15(21)23-4/h22H,5-14H2,1-4H3,(H2,18,19,20). The summed E-state index contributed by atoms with van der Waals surface area (Å²) >= 11 is 0. The van der Waals surface area contributed by atoms with Gasteiger partial charge >= 0.3 is 5.97 Å². The maximum absolute atomic E-state index is 11.0. The minimum absolute atomic E-state index is 0.172. The van der Waals surface area contributed by atoms with Gasteiger partial charge in [0.15, 0.2) is 5.96 Å². The molecule has 0 aromatic rings. The van der Waals surface area contributed by atoms with Crippen molar-refractivity contribution in [2.45, 2.75) is 71.3 Å². The monoisotopic (exact) mass is 329 g/mol. The lowest BCUT2D eigenvalue weighted by atomic mass is 9.93. The second kappa shape index (κ2) is 13.2. The van der Waals surface area contributed by atoms with Gasteiger partial charge in [0.25, 0.3) is 0 Å². The molecule has 0 rings (SSSR count). The second-order valence-electron chi connectivity index (χ2n) is 5.88. The fourth-order valence-electron chi connectivity index (χ4n) is 2.48. The van der Waals surface area contributed by atoms with Crippen molar-refractivity contribution in [2.24, 2.45) is 4.99 Å². The second-order valence-corrected chi connectivity index (χ2v) is 5.88. The highest BCUT2D eigenvalue weighted by molar-refractivity contribution is 5.79. The predicted molar refractivity (Wildman–Crippen MR) is 94.6 cm³/mol. The van der Waals surface area contributed by atoms with Crippen molar-refractivity contribution in [1.29, 1.82) is 0 Å². The van der Waals surface area contributed by atoms with Gasteiger partial charge in [0.1, 0.15) is 0 Å². The van der Waals surface area contributed by atoms with E-state index in [9.17, 15) is 9.90 Å². The number of aliphatic imine (C=N–C) groups is 1. The van der Waals surface area contributed by atoms with Gasteiger partial charge in [-0.25, -0.2) is 0 Å². The summed E-state index contributed by atoms with van der Waals surface area (Å²) in [5.74, 6) is 0.547. The van der Waals surface area contributed by atoms with Gasteiger partial charge in [0.2, 0.25) is 0 Å². The van der Waals surface area contributed by atoms with Crippen molar-refractivity contribution < 1.29 is 14.6 Å². The zero-order chi connectivity index (χ0) is 17.6. The van der Waals surface area contributed by atoms with Gasteiger partial charge in [-0.05, 0) is 32.6 Å². The Morgan fingerprint density at radius 3 is 2.30 bits per heavy atom. The first-order valence-electron chi connectivity index (χ1n) is 8.82. The maximum atomic E-state index is 11.0. The lowest BCUT2D eigenvalue weighted by Crippen LogP contribution is -2.40. The molecule has 136 valence electrons. The van der Waals surface area contributed by atoms with E-state index in [0.29, 0.717) is 13.0 Å². The Morgan fingerprint density at radius 2 is 1.78 bits per heavy atom. The first-order valence-corrected chi connectivity index (χ1v) is 8.82. The van der Waals surface area contributed by atoms with Crippen LogP contribution in [0.5, 0.6) is 0 Å². The first kappa shape index (κ1) is 21.7. The van der Waals surface area contributed by atoms with Crippen LogP contribution in [0.3, 0.4) is 0 Å². The predicted octanol–water partition coefficient (Wildman–Crippen LogP) is 2.22. The lowest BCUT2D eigenvalue weighted by molar-refractivity contribution is -0.140. The number of nitrogens with one attached hydrogen (secondary N) is 2. The fraction of sp³-hybridized carbons (Fsp3) is 0.882. The number of carbonyl (C=O) groups is 1. The number of guanidine groups is 1. The van der Waals surface area contributed by atoms with Crippen molar-refractivity contribution in [3.05, 3.63) is 0 Å². The van der Waals surface area contributed by atoms with Crippen molar-refractivity contribution in [3.8, 4) is 0 Å². The minimum Gasteiger partial charge on any atom is -0.469 e. The summed E-state index contributed by atoms with van der Waals surface area (Å²) in [6.45, 7) is 8.09. The number of unbranched alkanes of at least 4 members (excludes halogenated alkanes) is 1. The number of nitrogens with zero attached hydrogens (tertiary/aromatic N) is 1. The molecule has 0 atom stereocenters. The summed E-state index contributed by atoms with van der Waals surface area (Å²) in [5, 5.41) is 17.0. The van der Waals surface area contributed by atoms with E-state index in [-0.39, 0.29) is 5.97 Å². The van der Waals surface area contributed by atoms with Crippen LogP contribution in [0.15, 0.2) is 4.99 Å². The molecule has 0 unspecified atom stereocenters. The van der Waals surface area contributed by atoms with Crippen LogP contribution in [-0.4, -0.2) is 49.4 Å². The Kier molecular flexibility index (Phi) is 12.4. The topological polar surface area (TPSA) is 83.0 Å². The number of ether oxygens (including phenoxy) is 1. The SMILES string of the molecule is CCCC(O)(CCC)CN=C(NCC)NCCCCC(=O)OC. The van der Waals surface area contributed by atoms with Crippen LogP contribution in [0, 0.1) is 0 Å². The molecule has 23 heavy (non-hydrogen) atoms. The number of hydrogen-bond donors (Lipinski definition) is 3. The number of methoxy groups -OCH3 is 1. The van der Waals surface area contributed by atoms with Crippen LogP contribution in [0.2, 0.25) is 0 Å². The van der Waals surface area contributed by atoms with E-state index in [4.69, 9.17) is 0 Å². The van der Waals surface area contributed by atoms with Gasteiger partial charge < -0.3 is 20.5 Å². The maximum Gasteiger partial charge on any atom is 0.305 e. The zero-order valence-electron chi connectivity index (χ0n) is 15.3. The molecule has 0 radical (unpaired) electrons. The molecule has 0 aliphatic heterocycles. The Balaban J connectivity index is 4.33. The molecule has 0 aliphatic carbocycles. The molecular weight excluding hydrogens is 294 g/mol. The van der Waals surface area contributed by atoms with Gasteiger partial charge in [-0.15, -0.1) is 0 Å². The Labute approximate surface area is 141 Å². The summed E-state index contributed by atoms with van der Waals surface area (Å²) in [6, 6.07) is 0. The van der Waals surface area contributed by atoms with E-state index >= 15 is 0 Å². The molecule has 3 N–H and O–H groups in total. The summed E-state index contributed by atoms with van der Waals surface area (Å²) in [5.41, 5.74) is -0.712. The molecule has 0 saturated heterocycles. The van der Waals surface area contributed by atoms with Crippen LogP contribution < -0.4 is 10.6 Å². The van der Waals surface area contributed by atoms with Gasteiger partial charge in [-0.3, -0.25) is 9.79 Å². The molecule has 6 heteroatoms. The van der Waals surface area contributed by atoms with E-state index in [1.165, 1.54) is 7.11 Å². The third-order valence-corrected chi connectivity index (χ3v) is 3.63. The highest BCUT2D eigenvalue weighted by atomic mass is 16.5. The molecule has 0 aromatic heterocycles. The number of esters is 1. The van der Waals surface area contributed by atoms with Gasteiger partial charge in [0.05, 0.1) is 19.3 Å². The molecule has 0 bridgehead atoms. The van der Waals surface area contributed by atoms with E-state index < -0.39 is 5.60 Å². The van der Waals surface area contributed by atoms with Crippen molar-refractivity contribution in [1.82, 2.24) is 10.6 Å². The smallest absolute Gasteiger partial charge is 0.305 e. The normalized spacial score (nSPS) is 12.1. The number of rotatable bonds is 12. The molecule has 6 nitrogen and oxygen atoms in total. The molecular formula is C17H35N3O3. The highest BCUT2D eigenvalue weighted by Gasteiger charge is 2.24. The van der Waals surface area contributed by atoms with Crippen molar-refractivity contribution in [2.75, 3.05) is 26.7 Å². The molecule has 0 aromatic carbocycles. The number of aliphatic hydroxyl groups is 1. The lowest BCUT2D eigenvalue weighted by Gasteiger charge is -2.26. The van der Waals surface area contributed by atoms with Crippen LogP contribution in [0.4, 0.5) is 0 Å². The summed E-state index contributed by atoms with van der Waals surface area (Å²) < 4.78 is 4.62. The third kappa shape index (κ3) is 11.0. The first-order chi connectivity index (χ1) is 11.0. The Bertz CT molecular complexity index is 340. The summed E-state index contributed by atoms with van der Waals surface area (Å²) in [7, 11) is 1.41. The molecule has 0 fully saturated rings. The van der Waals surface area contributed by atoms with Crippen LogP contribution in [0.25, 0.3) is 0 Å². The summed E-state index contributed by atoms with van der Waals surface area (Å²) in [6.07, 6.45) is 5.53. The molecule has 0 saturated carbocycles.